The SMILES string of the molecule is CCC1(C(=O)O)CCCN(Cc2ccncc2)C1. The molecule has 0 bridgehead atoms. The monoisotopic (exact) mass is 248 g/mol. The third kappa shape index (κ3) is 2.70. The van der Waals surface area contributed by atoms with Gasteiger partial charge in [0, 0.05) is 25.5 Å². The van der Waals surface area contributed by atoms with Gasteiger partial charge < -0.3 is 5.11 Å². The molecule has 4 heteroatoms. The molecule has 1 unspecified atom stereocenters. The van der Waals surface area contributed by atoms with Crippen LogP contribution >= 0.6 is 0 Å². The highest BCUT2D eigenvalue weighted by Gasteiger charge is 2.40. The number of piperidine rings is 1. The average Bonchev–Trinajstić information content (AvgIpc) is 2.40. The molecule has 0 saturated carbocycles. The lowest BCUT2D eigenvalue weighted by Crippen LogP contribution is -2.47. The summed E-state index contributed by atoms with van der Waals surface area (Å²) in [7, 11) is 0. The quantitative estimate of drug-likeness (QED) is 0.887. The summed E-state index contributed by atoms with van der Waals surface area (Å²) in [6.45, 7) is 4.43. The Labute approximate surface area is 108 Å². The van der Waals surface area contributed by atoms with Gasteiger partial charge >= 0.3 is 5.97 Å². The first kappa shape index (κ1) is 13.0. The number of likely N-dealkylation sites (tertiary alicyclic amines) is 1. The molecule has 0 spiro atoms. The zero-order chi connectivity index (χ0) is 13.0. The molecule has 2 rings (SSSR count). The molecule has 98 valence electrons. The van der Waals surface area contributed by atoms with Crippen molar-refractivity contribution in [2.24, 2.45) is 5.41 Å². The molecule has 1 aromatic rings. The van der Waals surface area contributed by atoms with Crippen LogP contribution in [0.25, 0.3) is 0 Å². The molecule has 18 heavy (non-hydrogen) atoms. The Hall–Kier alpha value is -1.42. The van der Waals surface area contributed by atoms with Crippen molar-refractivity contribution in [3.8, 4) is 0 Å². The van der Waals surface area contributed by atoms with Crippen molar-refractivity contribution in [3.05, 3.63) is 30.1 Å². The number of rotatable bonds is 4. The van der Waals surface area contributed by atoms with E-state index >= 15 is 0 Å². The summed E-state index contributed by atoms with van der Waals surface area (Å²) in [4.78, 5) is 17.7. The van der Waals surface area contributed by atoms with Gasteiger partial charge in [0.05, 0.1) is 5.41 Å². The maximum absolute atomic E-state index is 11.5. The van der Waals surface area contributed by atoms with Gasteiger partial charge in [0.1, 0.15) is 0 Å². The molecule has 1 N–H and O–H groups in total. The highest BCUT2D eigenvalue weighted by molar-refractivity contribution is 5.75. The van der Waals surface area contributed by atoms with E-state index in [4.69, 9.17) is 0 Å². The van der Waals surface area contributed by atoms with E-state index < -0.39 is 11.4 Å². The first-order chi connectivity index (χ1) is 8.66. The van der Waals surface area contributed by atoms with Crippen molar-refractivity contribution >= 4 is 5.97 Å². The number of hydrogen-bond acceptors (Lipinski definition) is 3. The zero-order valence-electron chi connectivity index (χ0n) is 10.8. The van der Waals surface area contributed by atoms with Gasteiger partial charge in [0.25, 0.3) is 0 Å². The standard InChI is InChI=1S/C14H20N2O2/c1-2-14(13(17)18)6-3-9-16(11-14)10-12-4-7-15-8-5-12/h4-5,7-8H,2-3,6,9-11H2,1H3,(H,17,18). The summed E-state index contributed by atoms with van der Waals surface area (Å²) in [6.07, 6.45) is 6.03. The fraction of sp³-hybridized carbons (Fsp3) is 0.571. The minimum atomic E-state index is -0.649. The molecule has 1 aliphatic heterocycles. The topological polar surface area (TPSA) is 53.4 Å². The number of carbonyl (C=O) groups is 1. The molecule has 0 aliphatic carbocycles. The van der Waals surface area contributed by atoms with E-state index in [9.17, 15) is 9.90 Å². The first-order valence-electron chi connectivity index (χ1n) is 6.51. The molecule has 1 aliphatic rings. The van der Waals surface area contributed by atoms with Crippen LogP contribution in [0.5, 0.6) is 0 Å². The molecule has 0 amide bonds. The molecule has 1 saturated heterocycles. The van der Waals surface area contributed by atoms with Gasteiger partial charge in [0.15, 0.2) is 0 Å². The van der Waals surface area contributed by atoms with Gasteiger partial charge in [-0.1, -0.05) is 6.92 Å². The van der Waals surface area contributed by atoms with Crippen molar-refractivity contribution in [2.45, 2.75) is 32.7 Å². The van der Waals surface area contributed by atoms with E-state index in [1.54, 1.807) is 12.4 Å². The predicted octanol–water partition coefficient (Wildman–Crippen LogP) is 2.16. The minimum Gasteiger partial charge on any atom is -0.481 e. The zero-order valence-corrected chi connectivity index (χ0v) is 10.8. The predicted molar refractivity (Wildman–Crippen MR) is 69.1 cm³/mol. The second-order valence-corrected chi connectivity index (χ2v) is 5.11. The molecule has 1 fully saturated rings. The lowest BCUT2D eigenvalue weighted by atomic mass is 9.77. The normalized spacial score (nSPS) is 24.9. The Morgan fingerprint density at radius 1 is 1.50 bits per heavy atom. The Morgan fingerprint density at radius 3 is 2.83 bits per heavy atom. The molecule has 1 aromatic heterocycles. The lowest BCUT2D eigenvalue weighted by molar-refractivity contribution is -0.153. The number of carboxylic acid groups (broad SMARTS) is 1. The highest BCUT2D eigenvalue weighted by Crippen LogP contribution is 2.34. The van der Waals surface area contributed by atoms with Crippen LogP contribution in [0.4, 0.5) is 0 Å². The number of pyridine rings is 1. The Bertz CT molecular complexity index is 408. The van der Waals surface area contributed by atoms with Crippen molar-refractivity contribution < 1.29 is 9.90 Å². The summed E-state index contributed by atoms with van der Waals surface area (Å²) in [5.41, 5.74) is 0.646. The minimum absolute atomic E-state index is 0.550. The maximum Gasteiger partial charge on any atom is 0.310 e. The van der Waals surface area contributed by atoms with Gasteiger partial charge in [0.2, 0.25) is 0 Å². The molecular formula is C14H20N2O2. The molecule has 1 atom stereocenters. The third-order valence-corrected chi connectivity index (χ3v) is 3.94. The smallest absolute Gasteiger partial charge is 0.310 e. The van der Waals surface area contributed by atoms with Crippen LogP contribution in [-0.4, -0.2) is 34.0 Å². The number of carboxylic acids is 1. The average molecular weight is 248 g/mol. The van der Waals surface area contributed by atoms with E-state index in [2.05, 4.69) is 9.88 Å². The van der Waals surface area contributed by atoms with Crippen LogP contribution in [-0.2, 0) is 11.3 Å². The Morgan fingerprint density at radius 2 is 2.22 bits per heavy atom. The van der Waals surface area contributed by atoms with Gasteiger partial charge in [-0.05, 0) is 43.5 Å². The van der Waals surface area contributed by atoms with Gasteiger partial charge in [-0.15, -0.1) is 0 Å². The fourth-order valence-corrected chi connectivity index (χ4v) is 2.72. The third-order valence-electron chi connectivity index (χ3n) is 3.94. The second kappa shape index (κ2) is 5.48. The van der Waals surface area contributed by atoms with Crippen molar-refractivity contribution in [2.75, 3.05) is 13.1 Å². The highest BCUT2D eigenvalue weighted by atomic mass is 16.4. The van der Waals surface area contributed by atoms with Crippen LogP contribution in [0.15, 0.2) is 24.5 Å². The number of aromatic nitrogens is 1. The Balaban J connectivity index is 2.05. The lowest BCUT2D eigenvalue weighted by Gasteiger charge is -2.39. The van der Waals surface area contributed by atoms with Gasteiger partial charge in [-0.25, -0.2) is 0 Å². The fourth-order valence-electron chi connectivity index (χ4n) is 2.72. The summed E-state index contributed by atoms with van der Waals surface area (Å²) >= 11 is 0. The molecule has 0 radical (unpaired) electrons. The summed E-state index contributed by atoms with van der Waals surface area (Å²) in [6, 6.07) is 3.98. The van der Waals surface area contributed by atoms with E-state index in [0.29, 0.717) is 13.0 Å². The number of aliphatic carboxylic acids is 1. The van der Waals surface area contributed by atoms with Gasteiger partial charge in [-0.3, -0.25) is 14.7 Å². The van der Waals surface area contributed by atoms with Crippen LogP contribution in [0.2, 0.25) is 0 Å². The van der Waals surface area contributed by atoms with E-state index in [1.165, 1.54) is 5.56 Å². The van der Waals surface area contributed by atoms with E-state index in [-0.39, 0.29) is 0 Å². The van der Waals surface area contributed by atoms with Crippen LogP contribution in [0.1, 0.15) is 31.7 Å². The van der Waals surface area contributed by atoms with Crippen LogP contribution in [0, 0.1) is 5.41 Å². The Kier molecular flexibility index (Phi) is 3.97. The summed E-state index contributed by atoms with van der Waals surface area (Å²) in [5, 5.41) is 9.44. The molecule has 4 nitrogen and oxygen atoms in total. The number of nitrogens with zero attached hydrogens (tertiary/aromatic N) is 2. The number of hydrogen-bond donors (Lipinski definition) is 1. The largest absolute Gasteiger partial charge is 0.481 e. The van der Waals surface area contributed by atoms with E-state index in [0.717, 1.165) is 25.9 Å². The molecule has 2 heterocycles. The van der Waals surface area contributed by atoms with E-state index in [1.807, 2.05) is 19.1 Å². The maximum atomic E-state index is 11.5. The molecule has 0 aromatic carbocycles. The second-order valence-electron chi connectivity index (χ2n) is 5.11. The first-order valence-corrected chi connectivity index (χ1v) is 6.51. The summed E-state index contributed by atoms with van der Waals surface area (Å²) < 4.78 is 0. The molecular weight excluding hydrogens is 228 g/mol. The van der Waals surface area contributed by atoms with Crippen molar-refractivity contribution in [1.29, 1.82) is 0 Å². The summed E-state index contributed by atoms with van der Waals surface area (Å²) in [5.74, 6) is -0.649. The van der Waals surface area contributed by atoms with Crippen LogP contribution in [0.3, 0.4) is 0 Å². The van der Waals surface area contributed by atoms with Crippen molar-refractivity contribution in [1.82, 2.24) is 9.88 Å². The van der Waals surface area contributed by atoms with Gasteiger partial charge in [-0.2, -0.15) is 0 Å². The van der Waals surface area contributed by atoms with Crippen molar-refractivity contribution in [3.63, 3.8) is 0 Å². The van der Waals surface area contributed by atoms with Crippen LogP contribution < -0.4 is 0 Å².